The molecule has 1 N–H and O–H groups in total. The lowest BCUT2D eigenvalue weighted by atomic mass is 10.0. The van der Waals surface area contributed by atoms with Gasteiger partial charge in [0.25, 0.3) is 5.91 Å². The van der Waals surface area contributed by atoms with E-state index in [2.05, 4.69) is 10.1 Å². The van der Waals surface area contributed by atoms with Gasteiger partial charge < -0.3 is 10.0 Å². The number of pyridine rings is 1. The highest BCUT2D eigenvalue weighted by molar-refractivity contribution is 6.09. The Morgan fingerprint density at radius 2 is 1.89 bits per heavy atom. The van der Waals surface area contributed by atoms with Crippen molar-refractivity contribution in [1.82, 2.24) is 14.8 Å². The van der Waals surface area contributed by atoms with Crippen LogP contribution in [0.25, 0.3) is 11.1 Å². The third-order valence-electron chi connectivity index (χ3n) is 5.04. The van der Waals surface area contributed by atoms with Gasteiger partial charge in [0.05, 0.1) is 24.9 Å². The number of aliphatic hydroxyl groups excluding tert-OH is 1. The van der Waals surface area contributed by atoms with Gasteiger partial charge in [-0.15, -0.1) is 0 Å². The van der Waals surface area contributed by atoms with Gasteiger partial charge in [-0.2, -0.15) is 5.10 Å². The van der Waals surface area contributed by atoms with Gasteiger partial charge in [0, 0.05) is 23.1 Å². The standard InChI is InChI=1S/C21H22N4O2.CH4/c1-13-4-6-17(7-5-13)24-12-19(15(3)26)25-20(21(24)27)18(11-23-25)16-8-9-22-14(2)10-16;/h4-11,15,19,26H,12H2,1-3H3;1H4. The molecule has 0 radical (unpaired) electrons. The van der Waals surface area contributed by atoms with E-state index in [1.165, 1.54) is 0 Å². The number of anilines is 1. The molecule has 1 aromatic carbocycles. The first kappa shape index (κ1) is 19.8. The van der Waals surface area contributed by atoms with Crippen LogP contribution in [-0.2, 0) is 0 Å². The van der Waals surface area contributed by atoms with Gasteiger partial charge in [0.15, 0.2) is 0 Å². The summed E-state index contributed by atoms with van der Waals surface area (Å²) in [6, 6.07) is 11.4. The number of rotatable bonds is 3. The van der Waals surface area contributed by atoms with Crippen LogP contribution in [0.2, 0.25) is 0 Å². The zero-order valence-electron chi connectivity index (χ0n) is 15.6. The molecule has 0 fully saturated rings. The highest BCUT2D eigenvalue weighted by Crippen LogP contribution is 2.34. The van der Waals surface area contributed by atoms with Crippen molar-refractivity contribution >= 4 is 11.6 Å². The van der Waals surface area contributed by atoms with Crippen molar-refractivity contribution < 1.29 is 9.90 Å². The van der Waals surface area contributed by atoms with Crippen LogP contribution in [0.3, 0.4) is 0 Å². The number of hydrogen-bond donors (Lipinski definition) is 1. The fourth-order valence-electron chi connectivity index (χ4n) is 3.53. The molecule has 6 heteroatoms. The van der Waals surface area contributed by atoms with E-state index in [-0.39, 0.29) is 19.4 Å². The zero-order chi connectivity index (χ0) is 19.1. The van der Waals surface area contributed by atoms with Crippen molar-refractivity contribution in [3.63, 3.8) is 0 Å². The molecular weight excluding hydrogens is 352 g/mol. The van der Waals surface area contributed by atoms with Crippen molar-refractivity contribution in [3.8, 4) is 11.1 Å². The lowest BCUT2D eigenvalue weighted by molar-refractivity contribution is 0.0864. The van der Waals surface area contributed by atoms with Gasteiger partial charge in [-0.1, -0.05) is 25.1 Å². The second-order valence-corrected chi connectivity index (χ2v) is 7.10. The maximum atomic E-state index is 13.4. The Labute approximate surface area is 165 Å². The van der Waals surface area contributed by atoms with E-state index < -0.39 is 6.10 Å². The Morgan fingerprint density at radius 1 is 1.18 bits per heavy atom. The normalized spacial score (nSPS) is 17.1. The molecule has 6 nitrogen and oxygen atoms in total. The average Bonchev–Trinajstić information content (AvgIpc) is 3.08. The number of fused-ring (bicyclic) bond motifs is 1. The molecule has 2 aromatic heterocycles. The predicted octanol–water partition coefficient (Wildman–Crippen LogP) is 3.78. The van der Waals surface area contributed by atoms with Crippen LogP contribution in [0, 0.1) is 13.8 Å². The summed E-state index contributed by atoms with van der Waals surface area (Å²) in [7, 11) is 0. The molecule has 0 spiro atoms. The highest BCUT2D eigenvalue weighted by Gasteiger charge is 2.37. The molecule has 1 aliphatic heterocycles. The molecule has 1 amide bonds. The van der Waals surface area contributed by atoms with Crippen molar-refractivity contribution in [3.05, 3.63) is 65.7 Å². The minimum atomic E-state index is -0.642. The van der Waals surface area contributed by atoms with Gasteiger partial charge in [0.2, 0.25) is 0 Å². The van der Waals surface area contributed by atoms with Gasteiger partial charge in [-0.05, 0) is 50.6 Å². The Hall–Kier alpha value is -2.99. The van der Waals surface area contributed by atoms with E-state index in [1.54, 1.807) is 28.9 Å². The van der Waals surface area contributed by atoms with Gasteiger partial charge in [0.1, 0.15) is 5.69 Å². The van der Waals surface area contributed by atoms with Crippen LogP contribution in [0.1, 0.15) is 42.1 Å². The zero-order valence-corrected chi connectivity index (χ0v) is 15.6. The third-order valence-corrected chi connectivity index (χ3v) is 5.04. The number of benzene rings is 1. The number of aliphatic hydroxyl groups is 1. The number of hydrogen-bond acceptors (Lipinski definition) is 4. The molecule has 0 aliphatic carbocycles. The van der Waals surface area contributed by atoms with Crippen LogP contribution in [-0.4, -0.2) is 38.4 Å². The fraction of sp³-hybridized carbons (Fsp3) is 0.318. The lowest BCUT2D eigenvalue weighted by Gasteiger charge is -2.35. The first-order valence-corrected chi connectivity index (χ1v) is 9.03. The summed E-state index contributed by atoms with van der Waals surface area (Å²) in [4.78, 5) is 19.3. The number of carbonyl (C=O) groups excluding carboxylic acids is 1. The number of nitrogens with zero attached hydrogens (tertiary/aromatic N) is 4. The molecule has 2 atom stereocenters. The van der Waals surface area contributed by atoms with Crippen molar-refractivity contribution in [2.75, 3.05) is 11.4 Å². The SMILES string of the molecule is C.Cc1ccc(N2CC(C(C)O)n3ncc(-c4ccnc(C)c4)c3C2=O)cc1. The molecular formula is C22H26N4O2. The van der Waals surface area contributed by atoms with Gasteiger partial charge >= 0.3 is 0 Å². The molecule has 146 valence electrons. The fourth-order valence-corrected chi connectivity index (χ4v) is 3.53. The first-order chi connectivity index (χ1) is 13.0. The van der Waals surface area contributed by atoms with E-state index in [9.17, 15) is 9.90 Å². The number of aromatic nitrogens is 3. The molecule has 4 rings (SSSR count). The summed E-state index contributed by atoms with van der Waals surface area (Å²) in [5.74, 6) is -0.113. The summed E-state index contributed by atoms with van der Waals surface area (Å²) in [6.45, 7) is 6.04. The minimum Gasteiger partial charge on any atom is -0.391 e. The summed E-state index contributed by atoms with van der Waals surface area (Å²) >= 11 is 0. The van der Waals surface area contributed by atoms with Crippen LogP contribution in [0.4, 0.5) is 5.69 Å². The minimum absolute atomic E-state index is 0. The molecule has 0 bridgehead atoms. The van der Waals surface area contributed by atoms with E-state index in [0.29, 0.717) is 12.2 Å². The highest BCUT2D eigenvalue weighted by atomic mass is 16.3. The van der Waals surface area contributed by atoms with Crippen LogP contribution < -0.4 is 4.90 Å². The maximum absolute atomic E-state index is 13.4. The molecule has 2 unspecified atom stereocenters. The Morgan fingerprint density at radius 3 is 2.54 bits per heavy atom. The summed E-state index contributed by atoms with van der Waals surface area (Å²) in [5.41, 5.74) is 4.98. The molecule has 3 aromatic rings. The van der Waals surface area contributed by atoms with Crippen LogP contribution in [0.15, 0.2) is 48.8 Å². The average molecular weight is 378 g/mol. The third kappa shape index (κ3) is 3.31. The molecule has 0 saturated carbocycles. The quantitative estimate of drug-likeness (QED) is 0.753. The van der Waals surface area contributed by atoms with Crippen LogP contribution in [0.5, 0.6) is 0 Å². The summed E-state index contributed by atoms with van der Waals surface area (Å²) in [5, 5.41) is 14.8. The van der Waals surface area contributed by atoms with Crippen molar-refractivity contribution in [1.29, 1.82) is 0 Å². The predicted molar refractivity (Wildman–Crippen MR) is 110 cm³/mol. The molecule has 3 heterocycles. The first-order valence-electron chi connectivity index (χ1n) is 9.03. The molecule has 1 aliphatic rings. The van der Waals surface area contributed by atoms with Gasteiger partial charge in [-0.3, -0.25) is 14.5 Å². The van der Waals surface area contributed by atoms with E-state index >= 15 is 0 Å². The Balaban J connectivity index is 0.00000225. The maximum Gasteiger partial charge on any atom is 0.277 e. The number of aryl methyl sites for hydroxylation is 2. The van der Waals surface area contributed by atoms with Crippen molar-refractivity contribution in [2.45, 2.75) is 40.3 Å². The second-order valence-electron chi connectivity index (χ2n) is 7.10. The topological polar surface area (TPSA) is 71.2 Å². The second kappa shape index (κ2) is 7.56. The molecule has 0 saturated heterocycles. The monoisotopic (exact) mass is 378 g/mol. The molecule has 28 heavy (non-hydrogen) atoms. The van der Waals surface area contributed by atoms with E-state index in [4.69, 9.17) is 0 Å². The Bertz CT molecular complexity index is 992. The smallest absolute Gasteiger partial charge is 0.277 e. The summed E-state index contributed by atoms with van der Waals surface area (Å²) < 4.78 is 1.67. The largest absolute Gasteiger partial charge is 0.391 e. The lowest BCUT2D eigenvalue weighted by Crippen LogP contribution is -2.46. The summed E-state index contributed by atoms with van der Waals surface area (Å²) in [6.07, 6.45) is 2.79. The van der Waals surface area contributed by atoms with Crippen molar-refractivity contribution in [2.24, 2.45) is 0 Å². The van der Waals surface area contributed by atoms with E-state index in [1.807, 2.05) is 50.2 Å². The van der Waals surface area contributed by atoms with E-state index in [0.717, 1.165) is 28.1 Å². The van der Waals surface area contributed by atoms with Gasteiger partial charge in [-0.25, -0.2) is 0 Å². The Kier molecular flexibility index (Phi) is 5.34. The number of amides is 1. The number of carbonyl (C=O) groups is 1. The van der Waals surface area contributed by atoms with Crippen LogP contribution >= 0.6 is 0 Å².